The third-order valence-corrected chi connectivity index (χ3v) is 3.60. The summed E-state index contributed by atoms with van der Waals surface area (Å²) in [5, 5.41) is 16.4. The first kappa shape index (κ1) is 18.8. The Morgan fingerprint density at radius 1 is 1.27 bits per heavy atom. The van der Waals surface area contributed by atoms with Crippen molar-refractivity contribution in [3.63, 3.8) is 0 Å². The molecule has 0 atom stereocenters. The second-order valence-electron chi connectivity index (χ2n) is 5.29. The summed E-state index contributed by atoms with van der Waals surface area (Å²) in [4.78, 5) is 35.5. The number of aromatic hydroxyl groups is 1. The first-order valence-corrected chi connectivity index (χ1v) is 7.54. The molecule has 2 rings (SSSR count). The minimum atomic E-state index is -0.726. The zero-order chi connectivity index (χ0) is 19.3. The van der Waals surface area contributed by atoms with Crippen LogP contribution in [0.2, 0.25) is 0 Å². The van der Waals surface area contributed by atoms with Crippen molar-refractivity contribution in [3.05, 3.63) is 50.7 Å². The predicted octanol–water partition coefficient (Wildman–Crippen LogP) is -0.640. The highest BCUT2D eigenvalue weighted by Crippen LogP contribution is 2.22. The molecule has 0 spiro atoms. The number of benzene rings is 1. The van der Waals surface area contributed by atoms with E-state index in [2.05, 4.69) is 15.8 Å². The Balaban J connectivity index is 2.04. The van der Waals surface area contributed by atoms with Crippen LogP contribution in [-0.4, -0.2) is 40.0 Å². The molecule has 1 heterocycles. The smallest absolute Gasteiger partial charge is 0.333 e. The maximum absolute atomic E-state index is 12.0. The Bertz CT molecular complexity index is 960. The largest absolute Gasteiger partial charge is 0.495 e. The Labute approximate surface area is 148 Å². The van der Waals surface area contributed by atoms with E-state index < -0.39 is 23.0 Å². The fourth-order valence-corrected chi connectivity index (χ4v) is 2.15. The number of aromatic nitrogens is 2. The number of carbonyl (C=O) groups excluding carboxylic acids is 1. The average molecular weight is 361 g/mol. The molecule has 0 bridgehead atoms. The number of methoxy groups -OCH3 is 1. The lowest BCUT2D eigenvalue weighted by Gasteiger charge is -2.10. The first-order valence-electron chi connectivity index (χ1n) is 7.54. The lowest BCUT2D eigenvalue weighted by atomic mass is 10.3. The number of hydrogen-bond acceptors (Lipinski definition) is 7. The van der Waals surface area contributed by atoms with Crippen LogP contribution in [0.25, 0.3) is 0 Å². The molecule has 0 aliphatic carbocycles. The van der Waals surface area contributed by atoms with Crippen LogP contribution in [0.3, 0.4) is 0 Å². The third-order valence-electron chi connectivity index (χ3n) is 3.60. The highest BCUT2D eigenvalue weighted by atomic mass is 16.5. The minimum Gasteiger partial charge on any atom is -0.495 e. The summed E-state index contributed by atoms with van der Waals surface area (Å²) in [6.07, 6.45) is 0.984. The molecule has 26 heavy (non-hydrogen) atoms. The van der Waals surface area contributed by atoms with Gasteiger partial charge in [-0.2, -0.15) is 5.10 Å². The second kappa shape index (κ2) is 8.01. The number of nitrogens with one attached hydrogen (secondary N) is 2. The molecule has 0 fully saturated rings. The normalized spacial score (nSPS) is 10.7. The van der Waals surface area contributed by atoms with Gasteiger partial charge >= 0.3 is 5.69 Å². The summed E-state index contributed by atoms with van der Waals surface area (Å²) >= 11 is 0. The molecule has 0 unspecified atom stereocenters. The highest BCUT2D eigenvalue weighted by molar-refractivity contribution is 5.85. The van der Waals surface area contributed by atoms with E-state index in [1.165, 1.54) is 21.2 Å². The van der Waals surface area contributed by atoms with Crippen molar-refractivity contribution in [2.75, 3.05) is 19.0 Å². The van der Waals surface area contributed by atoms with Crippen LogP contribution in [0.1, 0.15) is 5.56 Å². The monoisotopic (exact) mass is 361 g/mol. The van der Waals surface area contributed by atoms with Gasteiger partial charge in [0.15, 0.2) is 0 Å². The van der Waals surface area contributed by atoms with Crippen LogP contribution >= 0.6 is 0 Å². The number of rotatable bonds is 6. The molecule has 138 valence electrons. The fraction of sp³-hybridized carbons (Fsp3) is 0.250. The van der Waals surface area contributed by atoms with E-state index >= 15 is 0 Å². The first-order chi connectivity index (χ1) is 12.4. The lowest BCUT2D eigenvalue weighted by Crippen LogP contribution is -2.38. The number of hydrazone groups is 1. The summed E-state index contributed by atoms with van der Waals surface area (Å²) in [7, 11) is 4.10. The molecule has 0 aliphatic rings. The van der Waals surface area contributed by atoms with E-state index in [9.17, 15) is 19.5 Å². The van der Waals surface area contributed by atoms with E-state index in [0.29, 0.717) is 11.4 Å². The van der Waals surface area contributed by atoms with Gasteiger partial charge in [-0.15, -0.1) is 0 Å². The molecule has 1 amide bonds. The van der Waals surface area contributed by atoms with Crippen LogP contribution < -0.4 is 26.7 Å². The molecule has 10 heteroatoms. The van der Waals surface area contributed by atoms with Gasteiger partial charge in [0, 0.05) is 14.1 Å². The van der Waals surface area contributed by atoms with Gasteiger partial charge < -0.3 is 15.2 Å². The molecule has 2 aromatic rings. The number of para-hydroxylation sites is 2. The molecular weight excluding hydrogens is 342 g/mol. The summed E-state index contributed by atoms with van der Waals surface area (Å²) in [5.41, 5.74) is 1.25. The number of hydrogen-bond donors (Lipinski definition) is 3. The van der Waals surface area contributed by atoms with E-state index in [1.54, 1.807) is 24.3 Å². The maximum Gasteiger partial charge on any atom is 0.333 e. The molecule has 0 radical (unpaired) electrons. The van der Waals surface area contributed by atoms with Gasteiger partial charge in [0.25, 0.3) is 11.5 Å². The van der Waals surface area contributed by atoms with Gasteiger partial charge in [-0.05, 0) is 12.1 Å². The zero-order valence-electron chi connectivity index (χ0n) is 14.5. The average Bonchev–Trinajstić information content (AvgIpc) is 2.66. The Hall–Kier alpha value is -3.56. The summed E-state index contributed by atoms with van der Waals surface area (Å²) in [5.74, 6) is -0.432. The van der Waals surface area contributed by atoms with Crippen molar-refractivity contribution < 1.29 is 14.6 Å². The molecule has 3 N–H and O–H groups in total. The Kier molecular flexibility index (Phi) is 5.78. The van der Waals surface area contributed by atoms with Gasteiger partial charge in [0.2, 0.25) is 5.88 Å². The maximum atomic E-state index is 12.0. The van der Waals surface area contributed by atoms with Gasteiger partial charge in [0.05, 0.1) is 25.6 Å². The highest BCUT2D eigenvalue weighted by Gasteiger charge is 2.13. The fourth-order valence-electron chi connectivity index (χ4n) is 2.15. The van der Waals surface area contributed by atoms with E-state index in [0.717, 1.165) is 15.3 Å². The van der Waals surface area contributed by atoms with Crippen LogP contribution in [-0.2, 0) is 18.9 Å². The zero-order valence-corrected chi connectivity index (χ0v) is 14.5. The number of anilines is 1. The Morgan fingerprint density at radius 2 is 1.96 bits per heavy atom. The summed E-state index contributed by atoms with van der Waals surface area (Å²) < 4.78 is 6.88. The lowest BCUT2D eigenvalue weighted by molar-refractivity contribution is -0.119. The van der Waals surface area contributed by atoms with E-state index in [4.69, 9.17) is 4.74 Å². The second-order valence-corrected chi connectivity index (χ2v) is 5.29. The molecule has 0 saturated carbocycles. The topological polar surface area (TPSA) is 127 Å². The third kappa shape index (κ3) is 3.91. The quantitative estimate of drug-likeness (QED) is 0.464. The van der Waals surface area contributed by atoms with E-state index in [-0.39, 0.29) is 12.1 Å². The van der Waals surface area contributed by atoms with E-state index in [1.807, 2.05) is 0 Å². The SMILES string of the molecule is COc1ccccc1NCC(=O)NN=Cc1c(O)n(C)c(=O)n(C)c1=O. The van der Waals surface area contributed by atoms with Crippen LogP contribution in [0.15, 0.2) is 39.0 Å². The molecule has 1 aromatic carbocycles. The van der Waals surface area contributed by atoms with Crippen molar-refractivity contribution >= 4 is 17.8 Å². The minimum absolute atomic E-state index is 0.0883. The number of ether oxygens (including phenoxy) is 1. The van der Waals surface area contributed by atoms with Crippen molar-refractivity contribution in [2.45, 2.75) is 0 Å². The van der Waals surface area contributed by atoms with Gasteiger partial charge in [-0.25, -0.2) is 10.2 Å². The van der Waals surface area contributed by atoms with Gasteiger partial charge in [-0.1, -0.05) is 12.1 Å². The van der Waals surface area contributed by atoms with Crippen molar-refractivity contribution in [1.29, 1.82) is 0 Å². The van der Waals surface area contributed by atoms with Crippen molar-refractivity contribution in [3.8, 4) is 11.6 Å². The van der Waals surface area contributed by atoms with Crippen LogP contribution in [0, 0.1) is 0 Å². The molecule has 0 saturated heterocycles. The molecule has 1 aromatic heterocycles. The summed E-state index contributed by atoms with van der Waals surface area (Å²) in [6.45, 7) is -0.0883. The molecular formula is C16H19N5O5. The number of nitrogens with zero attached hydrogens (tertiary/aromatic N) is 3. The van der Waals surface area contributed by atoms with Crippen molar-refractivity contribution in [1.82, 2.24) is 14.6 Å². The summed E-state index contributed by atoms with van der Waals surface area (Å²) in [6, 6.07) is 7.09. The standard InChI is InChI=1S/C16H19N5O5/c1-20-14(23)10(15(24)21(2)16(20)25)8-18-19-13(22)9-17-11-6-4-5-7-12(11)26-3/h4-8,17,23H,9H2,1-3H3,(H,19,22). The van der Waals surface area contributed by atoms with Crippen molar-refractivity contribution in [2.24, 2.45) is 19.2 Å². The number of carbonyl (C=O) groups is 1. The van der Waals surface area contributed by atoms with Gasteiger partial charge in [0.1, 0.15) is 11.3 Å². The number of amides is 1. The van der Waals surface area contributed by atoms with Crippen LogP contribution in [0.5, 0.6) is 11.6 Å². The van der Waals surface area contributed by atoms with Crippen LogP contribution in [0.4, 0.5) is 5.69 Å². The molecule has 10 nitrogen and oxygen atoms in total. The Morgan fingerprint density at radius 3 is 2.65 bits per heavy atom. The predicted molar refractivity (Wildman–Crippen MR) is 95.8 cm³/mol. The molecule has 0 aliphatic heterocycles. The van der Waals surface area contributed by atoms with Gasteiger partial charge in [-0.3, -0.25) is 18.7 Å².